The predicted octanol–water partition coefficient (Wildman–Crippen LogP) is 4.69. The highest BCUT2D eigenvalue weighted by atomic mass is 15.0. The van der Waals surface area contributed by atoms with Gasteiger partial charge in [-0.2, -0.15) is 0 Å². The van der Waals surface area contributed by atoms with Gasteiger partial charge in [0.15, 0.2) is 0 Å². The van der Waals surface area contributed by atoms with Crippen molar-refractivity contribution in [1.82, 2.24) is 39.8 Å². The quantitative estimate of drug-likeness (QED) is 0.399. The van der Waals surface area contributed by atoms with E-state index in [2.05, 4.69) is 61.0 Å². The van der Waals surface area contributed by atoms with Gasteiger partial charge in [0.1, 0.15) is 11.5 Å². The number of aromatic nitrogens is 7. The molecule has 8 nitrogen and oxygen atoms in total. The topological polar surface area (TPSA) is 99.3 Å². The monoisotopic (exact) mass is 446 g/mol. The van der Waals surface area contributed by atoms with Crippen molar-refractivity contribution in [2.75, 3.05) is 14.1 Å². The Balaban J connectivity index is 1.45. The number of H-pyrrole nitrogens is 2. The molecule has 6 aromatic heterocycles. The maximum atomic E-state index is 4.94. The van der Waals surface area contributed by atoms with Crippen molar-refractivity contribution < 1.29 is 0 Å². The highest BCUT2D eigenvalue weighted by Gasteiger charge is 2.15. The van der Waals surface area contributed by atoms with E-state index in [1.165, 1.54) is 0 Å². The smallest absolute Gasteiger partial charge is 0.140 e. The van der Waals surface area contributed by atoms with Crippen molar-refractivity contribution in [2.24, 2.45) is 0 Å². The normalized spacial score (nSPS) is 11.6. The molecule has 0 amide bonds. The highest BCUT2D eigenvalue weighted by molar-refractivity contribution is 5.98. The van der Waals surface area contributed by atoms with Crippen LogP contribution in [-0.2, 0) is 6.54 Å². The molecular weight excluding hydrogens is 424 g/mol. The lowest BCUT2D eigenvalue weighted by Gasteiger charge is -2.10. The first-order valence-corrected chi connectivity index (χ1v) is 11.0. The Labute approximate surface area is 195 Å². The summed E-state index contributed by atoms with van der Waals surface area (Å²) in [5.74, 6) is 0.762. The number of rotatable bonds is 5. The van der Waals surface area contributed by atoms with Crippen LogP contribution in [0.1, 0.15) is 5.56 Å². The zero-order valence-corrected chi connectivity index (χ0v) is 18.8. The summed E-state index contributed by atoms with van der Waals surface area (Å²) >= 11 is 0. The number of hydrogen-bond acceptors (Lipinski definition) is 6. The molecule has 0 saturated heterocycles. The lowest BCUT2D eigenvalue weighted by molar-refractivity contribution is 0.402. The van der Waals surface area contributed by atoms with Gasteiger partial charge < -0.3 is 14.9 Å². The van der Waals surface area contributed by atoms with Crippen LogP contribution in [0.2, 0.25) is 0 Å². The average molecular weight is 447 g/mol. The fourth-order valence-corrected chi connectivity index (χ4v) is 4.25. The molecule has 0 aliphatic rings. The third kappa shape index (κ3) is 3.60. The van der Waals surface area contributed by atoms with Gasteiger partial charge in [-0.15, -0.1) is 0 Å². The van der Waals surface area contributed by atoms with E-state index >= 15 is 0 Å². The Morgan fingerprint density at radius 3 is 2.56 bits per heavy atom. The van der Waals surface area contributed by atoms with E-state index in [1.807, 2.05) is 49.3 Å². The molecule has 0 radical (unpaired) electrons. The van der Waals surface area contributed by atoms with E-state index in [9.17, 15) is 0 Å². The van der Waals surface area contributed by atoms with Crippen LogP contribution in [0.25, 0.3) is 55.7 Å². The van der Waals surface area contributed by atoms with Gasteiger partial charge in [0.2, 0.25) is 0 Å². The largest absolute Gasteiger partial charge is 0.345 e. The molecule has 34 heavy (non-hydrogen) atoms. The van der Waals surface area contributed by atoms with Crippen molar-refractivity contribution in [3.8, 4) is 33.6 Å². The second-order valence-corrected chi connectivity index (χ2v) is 8.55. The molecule has 0 atom stereocenters. The van der Waals surface area contributed by atoms with Crippen LogP contribution < -0.4 is 0 Å². The summed E-state index contributed by atoms with van der Waals surface area (Å²) in [4.78, 5) is 31.5. The molecule has 6 heterocycles. The number of nitrogens with zero attached hydrogens (tertiary/aromatic N) is 6. The summed E-state index contributed by atoms with van der Waals surface area (Å²) in [5.41, 5.74) is 8.61. The van der Waals surface area contributed by atoms with E-state index in [1.54, 1.807) is 12.4 Å². The minimum Gasteiger partial charge on any atom is -0.345 e. The van der Waals surface area contributed by atoms with Gasteiger partial charge in [-0.25, -0.2) is 9.97 Å². The molecule has 0 fully saturated rings. The van der Waals surface area contributed by atoms with Crippen molar-refractivity contribution in [1.29, 1.82) is 0 Å². The van der Waals surface area contributed by atoms with Crippen molar-refractivity contribution in [2.45, 2.75) is 6.54 Å². The van der Waals surface area contributed by atoms with Crippen LogP contribution in [0.3, 0.4) is 0 Å². The first-order chi connectivity index (χ1) is 16.7. The summed E-state index contributed by atoms with van der Waals surface area (Å²) in [6, 6.07) is 8.22. The van der Waals surface area contributed by atoms with E-state index in [4.69, 9.17) is 4.98 Å². The summed E-state index contributed by atoms with van der Waals surface area (Å²) in [7, 11) is 4.10. The molecule has 0 aliphatic carbocycles. The van der Waals surface area contributed by atoms with Gasteiger partial charge in [-0.05, 0) is 37.9 Å². The minimum atomic E-state index is 0.762. The second kappa shape index (κ2) is 8.17. The Bertz CT molecular complexity index is 1610. The average Bonchev–Trinajstić information content (AvgIpc) is 3.48. The number of aromatic amines is 2. The van der Waals surface area contributed by atoms with Crippen molar-refractivity contribution >= 4 is 22.1 Å². The number of fused-ring (bicyclic) bond motifs is 2. The third-order valence-electron chi connectivity index (χ3n) is 5.78. The lowest BCUT2D eigenvalue weighted by Crippen LogP contribution is -2.10. The summed E-state index contributed by atoms with van der Waals surface area (Å²) < 4.78 is 0. The van der Waals surface area contributed by atoms with Crippen LogP contribution in [0.4, 0.5) is 0 Å². The Morgan fingerprint density at radius 1 is 0.853 bits per heavy atom. The molecule has 6 aromatic rings. The van der Waals surface area contributed by atoms with Crippen LogP contribution in [0, 0.1) is 0 Å². The van der Waals surface area contributed by atoms with Crippen LogP contribution in [-0.4, -0.2) is 53.9 Å². The zero-order chi connectivity index (χ0) is 23.1. The first-order valence-electron chi connectivity index (χ1n) is 11.0. The molecule has 0 saturated carbocycles. The molecule has 2 N–H and O–H groups in total. The van der Waals surface area contributed by atoms with Crippen LogP contribution >= 0.6 is 0 Å². The number of nitrogens with one attached hydrogen (secondary N) is 2. The van der Waals surface area contributed by atoms with E-state index < -0.39 is 0 Å². The molecule has 6 rings (SSSR count). The number of hydrogen-bond donors (Lipinski definition) is 2. The summed E-state index contributed by atoms with van der Waals surface area (Å²) in [6.45, 7) is 0.832. The molecular formula is C26H22N8. The standard InChI is InChI=1S/C26H22N8/c1-34(2)15-16-6-18(10-28-8-16)19-7-20-22(13-31-25(20)30-11-19)26-32-23-14-29-12-21(24(23)33-26)17-4-3-5-27-9-17/h3-14H,15H2,1-2H3,(H,30,31)(H,32,33). The Kier molecular flexibility index (Phi) is 4.85. The molecule has 8 heteroatoms. The zero-order valence-electron chi connectivity index (χ0n) is 18.8. The fourth-order valence-electron chi connectivity index (χ4n) is 4.25. The molecule has 166 valence electrons. The van der Waals surface area contributed by atoms with E-state index in [0.717, 1.165) is 67.8 Å². The Morgan fingerprint density at radius 2 is 1.71 bits per heavy atom. The molecule has 0 bridgehead atoms. The van der Waals surface area contributed by atoms with Gasteiger partial charge in [0.25, 0.3) is 0 Å². The third-order valence-corrected chi connectivity index (χ3v) is 5.78. The molecule has 0 spiro atoms. The summed E-state index contributed by atoms with van der Waals surface area (Å²) in [5, 5.41) is 0.991. The van der Waals surface area contributed by atoms with Crippen molar-refractivity contribution in [3.63, 3.8) is 0 Å². The second-order valence-electron chi connectivity index (χ2n) is 8.55. The molecule has 0 unspecified atom stereocenters. The first kappa shape index (κ1) is 20.2. The Hall–Kier alpha value is -4.43. The predicted molar refractivity (Wildman–Crippen MR) is 133 cm³/mol. The summed E-state index contributed by atoms with van der Waals surface area (Å²) in [6.07, 6.45) is 14.8. The van der Waals surface area contributed by atoms with Gasteiger partial charge in [0.05, 0.1) is 17.2 Å². The van der Waals surface area contributed by atoms with Gasteiger partial charge in [0, 0.05) is 83.1 Å². The highest BCUT2D eigenvalue weighted by Crippen LogP contribution is 2.33. The number of imidazole rings is 1. The minimum absolute atomic E-state index is 0.762. The van der Waals surface area contributed by atoms with Gasteiger partial charge in [-0.1, -0.05) is 6.07 Å². The van der Waals surface area contributed by atoms with E-state index in [-0.39, 0.29) is 0 Å². The molecule has 0 aromatic carbocycles. The van der Waals surface area contributed by atoms with Gasteiger partial charge in [-0.3, -0.25) is 15.0 Å². The fraction of sp³-hybridized carbons (Fsp3) is 0.115. The van der Waals surface area contributed by atoms with Crippen molar-refractivity contribution in [3.05, 3.63) is 79.4 Å². The number of pyridine rings is 4. The van der Waals surface area contributed by atoms with E-state index in [0.29, 0.717) is 0 Å². The molecule has 0 aliphatic heterocycles. The maximum Gasteiger partial charge on any atom is 0.140 e. The van der Waals surface area contributed by atoms with Crippen LogP contribution in [0.15, 0.2) is 73.8 Å². The van der Waals surface area contributed by atoms with Crippen LogP contribution in [0.5, 0.6) is 0 Å². The lowest BCUT2D eigenvalue weighted by atomic mass is 10.1. The maximum absolute atomic E-state index is 4.94. The van der Waals surface area contributed by atoms with Gasteiger partial charge >= 0.3 is 0 Å². The SMILES string of the molecule is CN(C)Cc1cncc(-c2cnc3[nH]cc(-c4nc5c(-c6cccnc6)cncc5[nH]4)c3c2)c1.